The summed E-state index contributed by atoms with van der Waals surface area (Å²) in [5.74, 6) is 0.720. The van der Waals surface area contributed by atoms with Crippen LogP contribution < -0.4 is 0 Å². The Hall–Kier alpha value is -0.0400. The lowest BCUT2D eigenvalue weighted by molar-refractivity contribution is -0.0304. The van der Waals surface area contributed by atoms with E-state index in [-0.39, 0.29) is 5.41 Å². The highest BCUT2D eigenvalue weighted by atomic mass is 16.3. The van der Waals surface area contributed by atoms with Crippen molar-refractivity contribution >= 4 is 0 Å². The Balaban J connectivity index is 2.42. The molecule has 1 rings (SSSR count). The molecule has 1 aliphatic rings. The summed E-state index contributed by atoms with van der Waals surface area (Å²) < 4.78 is 0. The largest absolute Gasteiger partial charge is 0.390 e. The molecule has 0 saturated heterocycles. The van der Waals surface area contributed by atoms with Crippen LogP contribution in [0, 0.1) is 11.3 Å². The Bertz CT molecular complexity index is 192. The summed E-state index contributed by atoms with van der Waals surface area (Å²) in [6.45, 7) is 8.78. The van der Waals surface area contributed by atoms with Gasteiger partial charge in [0.2, 0.25) is 0 Å². The minimum Gasteiger partial charge on any atom is -0.390 e. The number of hydrogen-bond acceptors (Lipinski definition) is 1. The summed E-state index contributed by atoms with van der Waals surface area (Å²) in [6, 6.07) is 0. The monoisotopic (exact) mass is 212 g/mol. The highest BCUT2D eigenvalue weighted by molar-refractivity contribution is 5.03. The molecular weight excluding hydrogens is 184 g/mol. The Morgan fingerprint density at radius 3 is 2.33 bits per heavy atom. The zero-order chi connectivity index (χ0) is 11.5. The molecule has 0 aromatic carbocycles. The Kier molecular flexibility index (Phi) is 4.22. The molecule has 1 N–H and O–H groups in total. The zero-order valence-electron chi connectivity index (χ0n) is 11.0. The van der Waals surface area contributed by atoms with Crippen molar-refractivity contribution in [2.75, 3.05) is 0 Å². The molecule has 1 heteroatoms. The zero-order valence-corrected chi connectivity index (χ0v) is 11.0. The van der Waals surface area contributed by atoms with E-state index in [1.54, 1.807) is 0 Å². The molecule has 90 valence electrons. The first-order chi connectivity index (χ1) is 6.95. The Morgan fingerprint density at radius 2 is 1.93 bits per heavy atom. The van der Waals surface area contributed by atoms with Gasteiger partial charge in [0.05, 0.1) is 5.60 Å². The van der Waals surface area contributed by atoms with E-state index < -0.39 is 5.60 Å². The Morgan fingerprint density at radius 1 is 1.33 bits per heavy atom. The van der Waals surface area contributed by atoms with Crippen LogP contribution in [0.25, 0.3) is 0 Å². The van der Waals surface area contributed by atoms with Crippen molar-refractivity contribution in [3.8, 4) is 0 Å². The first kappa shape index (κ1) is 13.0. The molecule has 15 heavy (non-hydrogen) atoms. The van der Waals surface area contributed by atoms with Crippen molar-refractivity contribution in [1.29, 1.82) is 0 Å². The fraction of sp³-hybridized carbons (Fsp3) is 1.00. The molecule has 0 bridgehead atoms. The summed E-state index contributed by atoms with van der Waals surface area (Å²) in [6.07, 6.45) is 8.51. The van der Waals surface area contributed by atoms with Crippen molar-refractivity contribution in [3.05, 3.63) is 0 Å². The lowest BCUT2D eigenvalue weighted by atomic mass is 9.78. The SMILES string of the molecule is CCCCC(CC)CC(C)(O)C1(C)CC1. The third-order valence-electron chi connectivity index (χ3n) is 4.53. The van der Waals surface area contributed by atoms with Gasteiger partial charge >= 0.3 is 0 Å². The lowest BCUT2D eigenvalue weighted by Crippen LogP contribution is -2.36. The second-order valence-corrected chi connectivity index (χ2v) is 5.96. The second kappa shape index (κ2) is 4.86. The van der Waals surface area contributed by atoms with Gasteiger partial charge in [-0.3, -0.25) is 0 Å². The summed E-state index contributed by atoms with van der Waals surface area (Å²) in [4.78, 5) is 0. The maximum Gasteiger partial charge on any atom is 0.0675 e. The summed E-state index contributed by atoms with van der Waals surface area (Å²) in [5, 5.41) is 10.5. The molecule has 1 saturated carbocycles. The quantitative estimate of drug-likeness (QED) is 0.672. The van der Waals surface area contributed by atoms with Crippen molar-refractivity contribution in [2.45, 2.75) is 78.2 Å². The van der Waals surface area contributed by atoms with Gasteiger partial charge < -0.3 is 5.11 Å². The van der Waals surface area contributed by atoms with Gasteiger partial charge in [0, 0.05) is 0 Å². The van der Waals surface area contributed by atoms with E-state index in [2.05, 4.69) is 27.7 Å². The van der Waals surface area contributed by atoms with Crippen molar-refractivity contribution < 1.29 is 5.11 Å². The minimum atomic E-state index is -0.429. The molecule has 1 nitrogen and oxygen atoms in total. The maximum absolute atomic E-state index is 10.5. The van der Waals surface area contributed by atoms with E-state index in [4.69, 9.17) is 0 Å². The fourth-order valence-electron chi connectivity index (χ4n) is 2.48. The van der Waals surface area contributed by atoms with Gasteiger partial charge in [-0.1, -0.05) is 46.5 Å². The average molecular weight is 212 g/mol. The fourth-order valence-corrected chi connectivity index (χ4v) is 2.48. The van der Waals surface area contributed by atoms with E-state index in [1.165, 1.54) is 38.5 Å². The van der Waals surface area contributed by atoms with Gasteiger partial charge in [0.1, 0.15) is 0 Å². The minimum absolute atomic E-state index is 0.229. The predicted octanol–water partition coefficient (Wildman–Crippen LogP) is 4.14. The van der Waals surface area contributed by atoms with E-state index in [1.807, 2.05) is 0 Å². The van der Waals surface area contributed by atoms with E-state index in [0.29, 0.717) is 0 Å². The molecule has 0 amide bonds. The van der Waals surface area contributed by atoms with Crippen LogP contribution in [-0.4, -0.2) is 10.7 Å². The van der Waals surface area contributed by atoms with E-state index in [9.17, 15) is 5.11 Å². The summed E-state index contributed by atoms with van der Waals surface area (Å²) in [7, 11) is 0. The third kappa shape index (κ3) is 3.21. The molecule has 0 heterocycles. The van der Waals surface area contributed by atoms with Crippen molar-refractivity contribution in [3.63, 3.8) is 0 Å². The number of unbranched alkanes of at least 4 members (excludes halogenated alkanes) is 1. The molecule has 2 atom stereocenters. The average Bonchev–Trinajstić information content (AvgIpc) is 2.92. The third-order valence-corrected chi connectivity index (χ3v) is 4.53. The molecule has 0 spiro atoms. The van der Waals surface area contributed by atoms with Gasteiger partial charge in [0.15, 0.2) is 0 Å². The van der Waals surface area contributed by atoms with Crippen LogP contribution in [0.5, 0.6) is 0 Å². The van der Waals surface area contributed by atoms with Gasteiger partial charge in [-0.15, -0.1) is 0 Å². The normalized spacial score (nSPS) is 24.6. The summed E-state index contributed by atoms with van der Waals surface area (Å²) in [5.41, 5.74) is -0.200. The van der Waals surface area contributed by atoms with Crippen molar-refractivity contribution in [2.24, 2.45) is 11.3 Å². The topological polar surface area (TPSA) is 20.2 Å². The number of aliphatic hydroxyl groups is 1. The molecule has 0 aromatic heterocycles. The van der Waals surface area contributed by atoms with Crippen LogP contribution in [0.2, 0.25) is 0 Å². The molecule has 2 unspecified atom stereocenters. The van der Waals surface area contributed by atoms with Gasteiger partial charge in [0.25, 0.3) is 0 Å². The van der Waals surface area contributed by atoms with Gasteiger partial charge in [-0.25, -0.2) is 0 Å². The molecule has 0 radical (unpaired) electrons. The number of hydrogen-bond donors (Lipinski definition) is 1. The lowest BCUT2D eigenvalue weighted by Gasteiger charge is -2.34. The standard InChI is InChI=1S/C14H28O/c1-5-7-8-12(6-2)11-14(4,15)13(3)9-10-13/h12,15H,5-11H2,1-4H3. The van der Waals surface area contributed by atoms with E-state index >= 15 is 0 Å². The van der Waals surface area contributed by atoms with Crippen LogP contribution in [0.3, 0.4) is 0 Å². The smallest absolute Gasteiger partial charge is 0.0675 e. The Labute approximate surface area is 95.3 Å². The van der Waals surface area contributed by atoms with Gasteiger partial charge in [-0.05, 0) is 37.5 Å². The molecule has 1 aliphatic carbocycles. The van der Waals surface area contributed by atoms with Crippen LogP contribution >= 0.6 is 0 Å². The molecule has 0 aromatic rings. The van der Waals surface area contributed by atoms with Crippen LogP contribution in [-0.2, 0) is 0 Å². The molecule has 0 aliphatic heterocycles. The maximum atomic E-state index is 10.5. The molecular formula is C14H28O. The van der Waals surface area contributed by atoms with Crippen LogP contribution in [0.4, 0.5) is 0 Å². The predicted molar refractivity (Wildman–Crippen MR) is 65.9 cm³/mol. The highest BCUT2D eigenvalue weighted by Crippen LogP contribution is 2.55. The summed E-state index contributed by atoms with van der Waals surface area (Å²) >= 11 is 0. The first-order valence-electron chi connectivity index (χ1n) is 6.67. The second-order valence-electron chi connectivity index (χ2n) is 5.96. The van der Waals surface area contributed by atoms with Crippen molar-refractivity contribution in [1.82, 2.24) is 0 Å². The molecule has 1 fully saturated rings. The van der Waals surface area contributed by atoms with Gasteiger partial charge in [-0.2, -0.15) is 0 Å². The first-order valence-corrected chi connectivity index (χ1v) is 6.67. The van der Waals surface area contributed by atoms with Crippen LogP contribution in [0.15, 0.2) is 0 Å². The number of rotatable bonds is 7. The van der Waals surface area contributed by atoms with E-state index in [0.717, 1.165) is 12.3 Å². The highest BCUT2D eigenvalue weighted by Gasteiger charge is 2.52. The van der Waals surface area contributed by atoms with Crippen LogP contribution in [0.1, 0.15) is 72.6 Å².